The Balaban J connectivity index is 1.66. The highest BCUT2D eigenvalue weighted by molar-refractivity contribution is 7.87. The molecule has 176 valence electrons. The van der Waals surface area contributed by atoms with Crippen LogP contribution in [0.3, 0.4) is 0 Å². The smallest absolute Gasteiger partial charge is 0.339 e. The molecule has 0 spiro atoms. The highest BCUT2D eigenvalue weighted by Crippen LogP contribution is 2.50. The molecule has 0 unspecified atom stereocenters. The zero-order valence-corrected chi connectivity index (χ0v) is 20.3. The Morgan fingerprint density at radius 2 is 1.41 bits per heavy atom. The van der Waals surface area contributed by atoms with Crippen LogP contribution in [-0.2, 0) is 19.7 Å². The Labute approximate surface area is 204 Å². The van der Waals surface area contributed by atoms with Gasteiger partial charge in [-0.1, -0.05) is 29.8 Å². The maximum absolute atomic E-state index is 13.2. The first-order valence-corrected chi connectivity index (χ1v) is 13.1. The Bertz CT molecular complexity index is 1310. The van der Waals surface area contributed by atoms with Crippen LogP contribution >= 0.6 is 11.6 Å². The Morgan fingerprint density at radius 3 is 2.00 bits per heavy atom. The summed E-state index contributed by atoms with van der Waals surface area (Å²) in [6.45, 7) is 0. The Morgan fingerprint density at radius 1 is 0.853 bits per heavy atom. The van der Waals surface area contributed by atoms with Crippen molar-refractivity contribution in [3.8, 4) is 5.75 Å². The summed E-state index contributed by atoms with van der Waals surface area (Å²) in [5.74, 6) is -0.530. The summed E-state index contributed by atoms with van der Waals surface area (Å²) in [6, 6.07) is 12.5. The number of halogens is 1. The fourth-order valence-electron chi connectivity index (χ4n) is 5.23. The van der Waals surface area contributed by atoms with Crippen molar-refractivity contribution < 1.29 is 22.2 Å². The predicted octanol–water partition coefficient (Wildman–Crippen LogP) is 5.15. The summed E-state index contributed by atoms with van der Waals surface area (Å²) in [5, 5.41) is 0.413. The molecule has 6 nitrogen and oxygen atoms in total. The van der Waals surface area contributed by atoms with Crippen molar-refractivity contribution >= 4 is 33.3 Å². The van der Waals surface area contributed by atoms with Crippen LogP contribution in [0.25, 0.3) is 0 Å². The van der Waals surface area contributed by atoms with Crippen molar-refractivity contribution in [3.05, 3.63) is 81.7 Å². The monoisotopic (exact) mass is 497 g/mol. The lowest BCUT2D eigenvalue weighted by Gasteiger charge is -2.42. The van der Waals surface area contributed by atoms with Crippen LogP contribution in [0, 0.1) is 0 Å². The molecule has 0 aromatic heterocycles. The predicted molar refractivity (Wildman–Crippen MR) is 128 cm³/mol. The van der Waals surface area contributed by atoms with E-state index in [1.807, 2.05) is 11.9 Å². The third-order valence-corrected chi connectivity index (χ3v) is 8.28. The van der Waals surface area contributed by atoms with Gasteiger partial charge in [-0.05, 0) is 56.0 Å². The molecular weight excluding hydrogens is 474 g/mol. The topological polar surface area (TPSA) is 80.8 Å². The number of para-hydroxylation sites is 1. The number of hydrogen-bond donors (Lipinski definition) is 0. The van der Waals surface area contributed by atoms with Crippen LogP contribution in [0.2, 0.25) is 5.02 Å². The van der Waals surface area contributed by atoms with E-state index in [2.05, 4.69) is 0 Å². The lowest BCUT2D eigenvalue weighted by molar-refractivity contribution is -0.117. The summed E-state index contributed by atoms with van der Waals surface area (Å²) in [7, 11) is -2.24. The number of rotatable bonds is 4. The van der Waals surface area contributed by atoms with Gasteiger partial charge in [-0.3, -0.25) is 9.59 Å². The van der Waals surface area contributed by atoms with E-state index in [9.17, 15) is 18.0 Å². The molecule has 0 fully saturated rings. The summed E-state index contributed by atoms with van der Waals surface area (Å²) < 4.78 is 31.7. The van der Waals surface area contributed by atoms with E-state index >= 15 is 0 Å². The van der Waals surface area contributed by atoms with E-state index in [4.69, 9.17) is 15.8 Å². The number of Topliss-reactive ketones (excluding diaryl/α,β-unsaturated/α-hetero) is 2. The number of carbonyl (C=O) groups excluding carboxylic acids is 2. The molecule has 0 amide bonds. The second-order valence-electron chi connectivity index (χ2n) is 8.80. The van der Waals surface area contributed by atoms with Crippen LogP contribution < -0.4 is 4.18 Å². The summed E-state index contributed by atoms with van der Waals surface area (Å²) >= 11 is 5.90. The van der Waals surface area contributed by atoms with Crippen molar-refractivity contribution in [2.75, 3.05) is 7.05 Å². The van der Waals surface area contributed by atoms with Gasteiger partial charge in [-0.25, -0.2) is 0 Å². The van der Waals surface area contributed by atoms with Gasteiger partial charge in [0.2, 0.25) is 0 Å². The van der Waals surface area contributed by atoms with Crippen molar-refractivity contribution in [1.82, 2.24) is 4.90 Å². The number of allylic oxidation sites excluding steroid dienone is 4. The number of ketones is 2. The molecular formula is C26H24ClNO5S. The van der Waals surface area contributed by atoms with Crippen molar-refractivity contribution in [2.24, 2.45) is 0 Å². The van der Waals surface area contributed by atoms with Crippen molar-refractivity contribution in [2.45, 2.75) is 49.3 Å². The van der Waals surface area contributed by atoms with Crippen molar-refractivity contribution in [3.63, 3.8) is 0 Å². The summed E-state index contributed by atoms with van der Waals surface area (Å²) in [6.07, 6.45) is 3.82. The average molecular weight is 498 g/mol. The van der Waals surface area contributed by atoms with Gasteiger partial charge in [0.25, 0.3) is 0 Å². The summed E-state index contributed by atoms with van der Waals surface area (Å²) in [5.41, 5.74) is 3.53. The van der Waals surface area contributed by atoms with E-state index in [0.29, 0.717) is 34.6 Å². The third-order valence-electron chi connectivity index (χ3n) is 6.78. The lowest BCUT2D eigenvalue weighted by Crippen LogP contribution is -2.37. The second-order valence-corrected chi connectivity index (χ2v) is 10.8. The molecule has 0 bridgehead atoms. The SMILES string of the molecule is CN1C2=C(C(=O)CCC2)C(c2ccccc2OS(=O)(=O)c2ccc(Cl)cc2)C2=C1CCCC2=O. The minimum absolute atomic E-state index is 0.00150. The molecule has 3 aliphatic rings. The van der Waals surface area contributed by atoms with Gasteiger partial charge in [0, 0.05) is 58.9 Å². The quantitative estimate of drug-likeness (QED) is 0.543. The zero-order valence-electron chi connectivity index (χ0n) is 18.7. The first-order chi connectivity index (χ1) is 16.3. The van der Waals surface area contributed by atoms with Crippen LogP contribution in [-0.4, -0.2) is 31.9 Å². The molecule has 8 heteroatoms. The molecule has 0 N–H and O–H groups in total. The van der Waals surface area contributed by atoms with Crippen LogP contribution in [0.15, 0.2) is 76.0 Å². The average Bonchev–Trinajstić information content (AvgIpc) is 2.81. The fourth-order valence-corrected chi connectivity index (χ4v) is 6.31. The maximum Gasteiger partial charge on any atom is 0.339 e. The molecule has 0 atom stereocenters. The van der Waals surface area contributed by atoms with Crippen LogP contribution in [0.5, 0.6) is 5.75 Å². The minimum atomic E-state index is -4.16. The molecule has 2 aliphatic carbocycles. The highest BCUT2D eigenvalue weighted by Gasteiger charge is 2.43. The maximum atomic E-state index is 13.2. The number of nitrogens with zero attached hydrogens (tertiary/aromatic N) is 1. The van der Waals surface area contributed by atoms with Gasteiger partial charge in [0.05, 0.1) is 0 Å². The molecule has 2 aromatic rings. The zero-order chi connectivity index (χ0) is 24.0. The van der Waals surface area contributed by atoms with Gasteiger partial charge in [0.15, 0.2) is 11.6 Å². The van der Waals surface area contributed by atoms with E-state index in [1.165, 1.54) is 24.3 Å². The number of hydrogen-bond acceptors (Lipinski definition) is 6. The molecule has 1 heterocycles. The first-order valence-electron chi connectivity index (χ1n) is 11.3. The van der Waals surface area contributed by atoms with Crippen molar-refractivity contribution in [1.29, 1.82) is 0 Å². The number of carbonyl (C=O) groups is 2. The molecule has 0 saturated heterocycles. The standard InChI is InChI=1S/C26H24ClNO5S/c1-28-19-7-4-9-21(29)25(19)24(26-20(28)8-5-10-22(26)30)18-6-2-3-11-23(18)33-34(31,32)17-14-12-16(27)13-15-17/h2-3,6,11-15,24H,4-5,7-10H2,1H3. The van der Waals surface area contributed by atoms with Crippen LogP contribution in [0.1, 0.15) is 50.0 Å². The second kappa shape index (κ2) is 8.71. The number of benzene rings is 2. The largest absolute Gasteiger partial charge is 0.379 e. The Hall–Kier alpha value is -2.90. The molecule has 0 radical (unpaired) electrons. The fraction of sp³-hybridized carbons (Fsp3) is 0.308. The molecule has 0 saturated carbocycles. The van der Waals surface area contributed by atoms with Gasteiger partial charge in [-0.15, -0.1) is 0 Å². The van der Waals surface area contributed by atoms with Gasteiger partial charge in [-0.2, -0.15) is 8.42 Å². The molecule has 1 aliphatic heterocycles. The molecule has 2 aromatic carbocycles. The Kier molecular flexibility index (Phi) is 5.86. The van der Waals surface area contributed by atoms with E-state index < -0.39 is 16.0 Å². The van der Waals surface area contributed by atoms with E-state index in [-0.39, 0.29) is 22.2 Å². The van der Waals surface area contributed by atoms with Crippen LogP contribution in [0.4, 0.5) is 0 Å². The molecule has 5 rings (SSSR count). The first kappa shape index (κ1) is 22.9. The normalized spacial score (nSPS) is 19.3. The van der Waals surface area contributed by atoms with E-state index in [0.717, 1.165) is 37.1 Å². The highest BCUT2D eigenvalue weighted by atomic mass is 35.5. The van der Waals surface area contributed by atoms with E-state index in [1.54, 1.807) is 24.3 Å². The summed E-state index contributed by atoms with van der Waals surface area (Å²) in [4.78, 5) is 28.4. The van der Waals surface area contributed by atoms with Gasteiger partial charge < -0.3 is 9.08 Å². The van der Waals surface area contributed by atoms with Gasteiger partial charge in [0.1, 0.15) is 10.6 Å². The minimum Gasteiger partial charge on any atom is -0.379 e. The van der Waals surface area contributed by atoms with Gasteiger partial charge >= 0.3 is 10.1 Å². The third kappa shape index (κ3) is 3.87. The molecule has 34 heavy (non-hydrogen) atoms. The lowest BCUT2D eigenvalue weighted by atomic mass is 9.71.